The number of anilines is 1. The van der Waals surface area contributed by atoms with Crippen LogP contribution in [0.5, 0.6) is 0 Å². The van der Waals surface area contributed by atoms with E-state index < -0.39 is 15.8 Å². The quantitative estimate of drug-likeness (QED) is 0.741. The molecule has 0 unspecified atom stereocenters. The first kappa shape index (κ1) is 15.8. The number of benzene rings is 2. The molecule has 2 rings (SSSR count). The maximum atomic E-state index is 13.3. The van der Waals surface area contributed by atoms with Crippen LogP contribution in [0.1, 0.15) is 0 Å². The standard InChI is InChI=1S/C12H7Br2ClFNO2S/c13-7-1-3-9(14)12(5-7)20(18,19)17-8-2-4-10(15)11(16)6-8/h1-6,17H. The van der Waals surface area contributed by atoms with Gasteiger partial charge in [-0.1, -0.05) is 27.5 Å². The molecule has 0 spiro atoms. The predicted octanol–water partition coefficient (Wildman–Crippen LogP) is 4.80. The normalized spacial score (nSPS) is 11.4. The maximum Gasteiger partial charge on any atom is 0.263 e. The Kier molecular flexibility index (Phi) is 4.73. The van der Waals surface area contributed by atoms with Crippen molar-refractivity contribution in [3.05, 3.63) is 56.2 Å². The zero-order chi connectivity index (χ0) is 14.9. The molecular formula is C12H7Br2ClFNO2S. The summed E-state index contributed by atoms with van der Waals surface area (Å²) in [7, 11) is -3.83. The van der Waals surface area contributed by atoms with Crippen LogP contribution in [0.3, 0.4) is 0 Å². The molecular weight excluding hydrogens is 436 g/mol. The van der Waals surface area contributed by atoms with Crippen LogP contribution in [0.2, 0.25) is 5.02 Å². The van der Waals surface area contributed by atoms with E-state index >= 15 is 0 Å². The lowest BCUT2D eigenvalue weighted by Crippen LogP contribution is -2.13. The molecule has 1 N–H and O–H groups in total. The third-order valence-electron chi connectivity index (χ3n) is 2.35. The van der Waals surface area contributed by atoms with Crippen LogP contribution in [0, 0.1) is 5.82 Å². The van der Waals surface area contributed by atoms with Crippen molar-refractivity contribution in [1.82, 2.24) is 0 Å². The van der Waals surface area contributed by atoms with Gasteiger partial charge in [-0.3, -0.25) is 4.72 Å². The Balaban J connectivity index is 2.40. The summed E-state index contributed by atoms with van der Waals surface area (Å²) in [5.74, 6) is -0.694. The van der Waals surface area contributed by atoms with Gasteiger partial charge in [0.05, 0.1) is 10.7 Å². The van der Waals surface area contributed by atoms with Crippen molar-refractivity contribution < 1.29 is 12.8 Å². The molecule has 0 heterocycles. The lowest BCUT2D eigenvalue weighted by Gasteiger charge is -2.10. The first-order valence-corrected chi connectivity index (χ1v) is 8.67. The molecule has 0 saturated carbocycles. The molecule has 20 heavy (non-hydrogen) atoms. The molecule has 0 atom stereocenters. The molecule has 0 amide bonds. The third-order valence-corrected chi connectivity index (χ3v) is 5.53. The van der Waals surface area contributed by atoms with Crippen molar-refractivity contribution >= 4 is 59.2 Å². The van der Waals surface area contributed by atoms with E-state index in [1.54, 1.807) is 12.1 Å². The Hall–Kier alpha value is -0.630. The highest BCUT2D eigenvalue weighted by Crippen LogP contribution is 2.28. The summed E-state index contributed by atoms with van der Waals surface area (Å²) in [6.45, 7) is 0. The number of hydrogen-bond donors (Lipinski definition) is 1. The number of rotatable bonds is 3. The van der Waals surface area contributed by atoms with E-state index in [9.17, 15) is 12.8 Å². The van der Waals surface area contributed by atoms with E-state index in [0.29, 0.717) is 8.95 Å². The lowest BCUT2D eigenvalue weighted by molar-refractivity contribution is 0.600. The minimum absolute atomic E-state index is 0.0437. The van der Waals surface area contributed by atoms with Crippen LogP contribution in [0.15, 0.2) is 50.2 Å². The molecule has 0 aliphatic heterocycles. The highest BCUT2D eigenvalue weighted by molar-refractivity contribution is 9.11. The van der Waals surface area contributed by atoms with Crippen LogP contribution in [-0.2, 0) is 10.0 Å². The summed E-state index contributed by atoms with van der Waals surface area (Å²) in [4.78, 5) is 0.0437. The second-order valence-electron chi connectivity index (χ2n) is 3.81. The predicted molar refractivity (Wildman–Crippen MR) is 84.1 cm³/mol. The Morgan fingerprint density at radius 3 is 2.45 bits per heavy atom. The van der Waals surface area contributed by atoms with E-state index in [2.05, 4.69) is 36.6 Å². The molecule has 0 aromatic heterocycles. The summed E-state index contributed by atoms with van der Waals surface area (Å²) in [5.41, 5.74) is 0.0961. The summed E-state index contributed by atoms with van der Waals surface area (Å²) in [5, 5.41) is -0.0726. The molecule has 2 aromatic rings. The fourth-order valence-corrected chi connectivity index (χ4v) is 4.12. The van der Waals surface area contributed by atoms with Crippen molar-refractivity contribution in [3.8, 4) is 0 Å². The number of nitrogens with one attached hydrogen (secondary N) is 1. The summed E-state index contributed by atoms with van der Waals surface area (Å²) in [6.07, 6.45) is 0. The third kappa shape index (κ3) is 3.52. The molecule has 0 radical (unpaired) electrons. The van der Waals surface area contributed by atoms with Gasteiger partial charge in [0.1, 0.15) is 10.7 Å². The zero-order valence-corrected chi connectivity index (χ0v) is 14.4. The fourth-order valence-electron chi connectivity index (χ4n) is 1.45. The van der Waals surface area contributed by atoms with Gasteiger partial charge in [-0.2, -0.15) is 0 Å². The average Bonchev–Trinajstić information content (AvgIpc) is 2.36. The maximum absolute atomic E-state index is 13.3. The van der Waals surface area contributed by atoms with Gasteiger partial charge in [0, 0.05) is 8.95 Å². The highest BCUT2D eigenvalue weighted by atomic mass is 79.9. The van der Waals surface area contributed by atoms with Crippen molar-refractivity contribution in [2.75, 3.05) is 4.72 Å². The second kappa shape index (κ2) is 6.01. The number of halogens is 4. The Bertz CT molecular complexity index is 768. The molecule has 106 valence electrons. The van der Waals surface area contributed by atoms with Crippen molar-refractivity contribution in [2.24, 2.45) is 0 Å². The largest absolute Gasteiger partial charge is 0.279 e. The van der Waals surface area contributed by atoms with Gasteiger partial charge in [0.15, 0.2) is 0 Å². The topological polar surface area (TPSA) is 46.2 Å². The molecule has 2 aromatic carbocycles. The molecule has 0 fully saturated rings. The van der Waals surface area contributed by atoms with Crippen LogP contribution >= 0.6 is 43.5 Å². The Morgan fingerprint density at radius 1 is 1.10 bits per heavy atom. The van der Waals surface area contributed by atoms with Gasteiger partial charge in [-0.25, -0.2) is 12.8 Å². The van der Waals surface area contributed by atoms with Gasteiger partial charge in [-0.15, -0.1) is 0 Å². The van der Waals surface area contributed by atoms with Crippen molar-refractivity contribution in [3.63, 3.8) is 0 Å². The van der Waals surface area contributed by atoms with E-state index in [1.165, 1.54) is 18.2 Å². The van der Waals surface area contributed by atoms with E-state index in [1.807, 2.05) is 0 Å². The number of hydrogen-bond acceptors (Lipinski definition) is 2. The molecule has 0 bridgehead atoms. The SMILES string of the molecule is O=S(=O)(Nc1ccc(Cl)c(F)c1)c1cc(Br)ccc1Br. The van der Waals surface area contributed by atoms with Gasteiger partial charge in [-0.05, 0) is 52.3 Å². The molecule has 0 aliphatic rings. The van der Waals surface area contributed by atoms with Crippen molar-refractivity contribution in [1.29, 1.82) is 0 Å². The summed E-state index contributed by atoms with van der Waals surface area (Å²) >= 11 is 11.9. The Morgan fingerprint density at radius 2 is 1.80 bits per heavy atom. The van der Waals surface area contributed by atoms with Gasteiger partial charge in [0.2, 0.25) is 0 Å². The fraction of sp³-hybridized carbons (Fsp3) is 0. The lowest BCUT2D eigenvalue weighted by atomic mass is 10.3. The first-order chi connectivity index (χ1) is 9.29. The monoisotopic (exact) mass is 441 g/mol. The summed E-state index contributed by atoms with van der Waals surface area (Å²) < 4.78 is 41.1. The first-order valence-electron chi connectivity index (χ1n) is 5.22. The van der Waals surface area contributed by atoms with E-state index in [-0.39, 0.29) is 15.6 Å². The second-order valence-corrected chi connectivity index (χ2v) is 7.64. The molecule has 3 nitrogen and oxygen atoms in total. The minimum Gasteiger partial charge on any atom is -0.279 e. The van der Waals surface area contributed by atoms with Gasteiger partial charge < -0.3 is 0 Å². The molecule has 0 saturated heterocycles. The van der Waals surface area contributed by atoms with Crippen LogP contribution < -0.4 is 4.72 Å². The summed E-state index contributed by atoms with van der Waals surface area (Å²) in [6, 6.07) is 8.43. The van der Waals surface area contributed by atoms with Crippen molar-refractivity contribution in [2.45, 2.75) is 4.90 Å². The van der Waals surface area contributed by atoms with E-state index in [4.69, 9.17) is 11.6 Å². The minimum atomic E-state index is -3.83. The Labute approximate surface area is 137 Å². The molecule has 8 heteroatoms. The number of sulfonamides is 1. The van der Waals surface area contributed by atoms with Gasteiger partial charge >= 0.3 is 0 Å². The van der Waals surface area contributed by atoms with Crippen LogP contribution in [0.25, 0.3) is 0 Å². The average molecular weight is 444 g/mol. The molecule has 0 aliphatic carbocycles. The van der Waals surface area contributed by atoms with Crippen LogP contribution in [0.4, 0.5) is 10.1 Å². The van der Waals surface area contributed by atoms with Crippen LogP contribution in [-0.4, -0.2) is 8.42 Å². The van der Waals surface area contributed by atoms with E-state index in [0.717, 1.165) is 6.07 Å². The highest BCUT2D eigenvalue weighted by Gasteiger charge is 2.18. The van der Waals surface area contributed by atoms with Gasteiger partial charge in [0.25, 0.3) is 10.0 Å². The smallest absolute Gasteiger partial charge is 0.263 e. The zero-order valence-electron chi connectivity index (χ0n) is 9.70.